The van der Waals surface area contributed by atoms with Gasteiger partial charge in [-0.25, -0.2) is 8.42 Å². The molecule has 0 aromatic heterocycles. The lowest BCUT2D eigenvalue weighted by molar-refractivity contribution is -0.139. The third-order valence-electron chi connectivity index (χ3n) is 3.41. The molecule has 0 radical (unpaired) electrons. The number of primary amides is 1. The van der Waals surface area contributed by atoms with Crippen molar-refractivity contribution in [3.8, 4) is 0 Å². The third kappa shape index (κ3) is 4.80. The molecule has 1 amide bonds. The van der Waals surface area contributed by atoms with Crippen LogP contribution in [0.25, 0.3) is 0 Å². The van der Waals surface area contributed by atoms with Crippen LogP contribution in [0.4, 0.5) is 13.2 Å². The highest BCUT2D eigenvalue weighted by molar-refractivity contribution is 7.89. The van der Waals surface area contributed by atoms with Crippen molar-refractivity contribution in [3.63, 3.8) is 0 Å². The van der Waals surface area contributed by atoms with Gasteiger partial charge in [0, 0.05) is 0 Å². The number of sulfonamides is 1. The van der Waals surface area contributed by atoms with Crippen molar-refractivity contribution < 1.29 is 26.4 Å². The number of halogens is 3. The summed E-state index contributed by atoms with van der Waals surface area (Å²) in [5, 5.41) is 0. The van der Waals surface area contributed by atoms with Crippen LogP contribution in [0, 0.1) is 0 Å². The smallest absolute Gasteiger partial charge is 0.368 e. The summed E-state index contributed by atoms with van der Waals surface area (Å²) in [7, 11) is -4.61. The molecule has 0 bridgehead atoms. The van der Waals surface area contributed by atoms with Crippen molar-refractivity contribution in [1.82, 2.24) is 4.72 Å². The monoisotopic (exact) mass is 372 g/mol. The fraction of sp³-hybridized carbons (Fsp3) is 0.188. The van der Waals surface area contributed by atoms with Gasteiger partial charge in [-0.2, -0.15) is 17.9 Å². The van der Waals surface area contributed by atoms with E-state index in [1.54, 1.807) is 30.3 Å². The van der Waals surface area contributed by atoms with Gasteiger partial charge in [-0.1, -0.05) is 42.5 Å². The predicted molar refractivity (Wildman–Crippen MR) is 84.9 cm³/mol. The summed E-state index contributed by atoms with van der Waals surface area (Å²) in [6.07, 6.45) is -4.93. The van der Waals surface area contributed by atoms with E-state index in [9.17, 15) is 26.4 Å². The number of carbonyl (C=O) groups is 1. The normalized spacial score (nSPS) is 13.4. The van der Waals surface area contributed by atoms with Crippen molar-refractivity contribution in [1.29, 1.82) is 0 Å². The Balaban J connectivity index is 2.35. The van der Waals surface area contributed by atoms with Crippen LogP contribution in [-0.4, -0.2) is 20.4 Å². The summed E-state index contributed by atoms with van der Waals surface area (Å²) < 4.78 is 65.9. The number of carbonyl (C=O) groups excluding carboxylic acids is 1. The van der Waals surface area contributed by atoms with Crippen LogP contribution in [0.1, 0.15) is 11.1 Å². The number of hydrogen-bond acceptors (Lipinski definition) is 3. The molecule has 2 aromatic rings. The minimum absolute atomic E-state index is 0.0798. The third-order valence-corrected chi connectivity index (χ3v) is 4.94. The fourth-order valence-electron chi connectivity index (χ4n) is 2.24. The van der Waals surface area contributed by atoms with Gasteiger partial charge in [-0.15, -0.1) is 0 Å². The number of hydrogen-bond donors (Lipinski definition) is 2. The van der Waals surface area contributed by atoms with E-state index in [0.717, 1.165) is 12.1 Å². The van der Waals surface area contributed by atoms with Gasteiger partial charge in [-0.05, 0) is 24.1 Å². The zero-order valence-electron chi connectivity index (χ0n) is 12.8. The highest BCUT2D eigenvalue weighted by Crippen LogP contribution is 2.33. The lowest BCUT2D eigenvalue weighted by Crippen LogP contribution is -2.46. The van der Waals surface area contributed by atoms with E-state index in [2.05, 4.69) is 0 Å². The van der Waals surface area contributed by atoms with E-state index in [4.69, 9.17) is 5.73 Å². The van der Waals surface area contributed by atoms with E-state index >= 15 is 0 Å². The van der Waals surface area contributed by atoms with Gasteiger partial charge in [-0.3, -0.25) is 4.79 Å². The molecule has 5 nitrogen and oxygen atoms in total. The molecule has 0 saturated carbocycles. The molecule has 2 rings (SSSR count). The highest BCUT2D eigenvalue weighted by atomic mass is 32.2. The van der Waals surface area contributed by atoms with E-state index in [-0.39, 0.29) is 6.42 Å². The average Bonchev–Trinajstić information content (AvgIpc) is 2.54. The molecule has 0 spiro atoms. The number of nitrogens with two attached hydrogens (primary N) is 1. The first-order valence-electron chi connectivity index (χ1n) is 7.13. The molecule has 3 N–H and O–H groups in total. The van der Waals surface area contributed by atoms with E-state index in [1.807, 2.05) is 4.72 Å². The van der Waals surface area contributed by atoms with Crippen LogP contribution in [0.3, 0.4) is 0 Å². The van der Waals surface area contributed by atoms with Crippen molar-refractivity contribution in [3.05, 3.63) is 65.7 Å². The summed E-state index contributed by atoms with van der Waals surface area (Å²) in [6.45, 7) is 0. The topological polar surface area (TPSA) is 89.3 Å². The Kier molecular flexibility index (Phi) is 5.48. The Labute approximate surface area is 142 Å². The van der Waals surface area contributed by atoms with E-state index in [0.29, 0.717) is 11.6 Å². The first-order valence-corrected chi connectivity index (χ1v) is 8.61. The van der Waals surface area contributed by atoms with E-state index < -0.39 is 38.6 Å². The summed E-state index contributed by atoms with van der Waals surface area (Å²) in [4.78, 5) is 10.6. The largest absolute Gasteiger partial charge is 0.417 e. The summed E-state index contributed by atoms with van der Waals surface area (Å²) in [5.41, 5.74) is 4.50. The van der Waals surface area contributed by atoms with Crippen LogP contribution in [0.5, 0.6) is 0 Å². The number of nitrogens with one attached hydrogen (secondary N) is 1. The first kappa shape index (κ1) is 18.9. The van der Waals surface area contributed by atoms with Gasteiger partial charge in [0.15, 0.2) is 0 Å². The molecule has 134 valence electrons. The molecule has 0 heterocycles. The second-order valence-corrected chi connectivity index (χ2v) is 6.94. The lowest BCUT2D eigenvalue weighted by Gasteiger charge is -2.18. The molecule has 1 atom stereocenters. The Morgan fingerprint density at radius 2 is 1.60 bits per heavy atom. The molecule has 0 aliphatic rings. The quantitative estimate of drug-likeness (QED) is 0.814. The summed E-state index contributed by atoms with van der Waals surface area (Å²) in [5.74, 6) is -0.989. The van der Waals surface area contributed by atoms with Crippen molar-refractivity contribution in [2.45, 2.75) is 23.5 Å². The maximum Gasteiger partial charge on any atom is 0.417 e. The molecule has 0 aliphatic carbocycles. The molecule has 1 unspecified atom stereocenters. The first-order chi connectivity index (χ1) is 11.6. The maximum absolute atomic E-state index is 13.0. The Morgan fingerprint density at radius 1 is 1.04 bits per heavy atom. The fourth-order valence-corrected chi connectivity index (χ4v) is 3.67. The van der Waals surface area contributed by atoms with Gasteiger partial charge >= 0.3 is 6.18 Å². The van der Waals surface area contributed by atoms with Crippen LogP contribution in [0.2, 0.25) is 0 Å². The minimum Gasteiger partial charge on any atom is -0.368 e. The number of benzene rings is 2. The molecular weight excluding hydrogens is 357 g/mol. The molecule has 25 heavy (non-hydrogen) atoms. The molecule has 2 aromatic carbocycles. The van der Waals surface area contributed by atoms with Crippen molar-refractivity contribution >= 4 is 15.9 Å². The lowest BCUT2D eigenvalue weighted by atomic mass is 10.1. The van der Waals surface area contributed by atoms with Crippen LogP contribution >= 0.6 is 0 Å². The van der Waals surface area contributed by atoms with Crippen LogP contribution in [0.15, 0.2) is 59.5 Å². The second-order valence-electron chi connectivity index (χ2n) is 5.26. The van der Waals surface area contributed by atoms with Crippen LogP contribution in [-0.2, 0) is 27.4 Å². The number of amides is 1. The molecule has 0 aliphatic heterocycles. The predicted octanol–water partition coefficient (Wildman–Crippen LogP) is 2.08. The van der Waals surface area contributed by atoms with Crippen LogP contribution < -0.4 is 10.5 Å². The molecule has 9 heteroatoms. The van der Waals surface area contributed by atoms with Crippen molar-refractivity contribution in [2.75, 3.05) is 0 Å². The van der Waals surface area contributed by atoms with Gasteiger partial charge < -0.3 is 5.73 Å². The summed E-state index contributed by atoms with van der Waals surface area (Å²) in [6, 6.07) is 10.7. The minimum atomic E-state index is -4.85. The standard InChI is InChI=1S/C16H15F3N2O3S/c17-16(18,19)12-8-4-5-9-14(12)25(23,24)21-13(15(20)22)10-11-6-2-1-3-7-11/h1-9,13,21H,10H2,(H2,20,22). The second kappa shape index (κ2) is 7.24. The summed E-state index contributed by atoms with van der Waals surface area (Å²) >= 11 is 0. The van der Waals surface area contributed by atoms with Gasteiger partial charge in [0.25, 0.3) is 0 Å². The van der Waals surface area contributed by atoms with Gasteiger partial charge in [0.1, 0.15) is 6.04 Å². The molecule has 0 fully saturated rings. The Bertz CT molecular complexity index is 852. The van der Waals surface area contributed by atoms with Crippen molar-refractivity contribution in [2.24, 2.45) is 5.73 Å². The number of rotatable bonds is 6. The van der Waals surface area contributed by atoms with Gasteiger partial charge in [0.05, 0.1) is 10.5 Å². The Hall–Kier alpha value is -2.39. The highest BCUT2D eigenvalue weighted by Gasteiger charge is 2.37. The van der Waals surface area contributed by atoms with E-state index in [1.165, 1.54) is 6.07 Å². The number of alkyl halides is 3. The zero-order chi connectivity index (χ0) is 18.7. The SMILES string of the molecule is NC(=O)C(Cc1ccccc1)NS(=O)(=O)c1ccccc1C(F)(F)F. The zero-order valence-corrected chi connectivity index (χ0v) is 13.6. The Morgan fingerprint density at radius 3 is 2.16 bits per heavy atom. The van der Waals surface area contributed by atoms with Gasteiger partial charge in [0.2, 0.25) is 15.9 Å². The molecule has 0 saturated heterocycles. The average molecular weight is 372 g/mol. The molecular formula is C16H15F3N2O3S. The maximum atomic E-state index is 13.0.